The highest BCUT2D eigenvalue weighted by molar-refractivity contribution is 5.96. The van der Waals surface area contributed by atoms with E-state index in [0.717, 1.165) is 42.8 Å². The fourth-order valence-electron chi connectivity index (χ4n) is 3.25. The first kappa shape index (κ1) is 14.9. The smallest absolute Gasteiger partial charge is 0.255 e. The topological polar surface area (TPSA) is 51.0 Å². The van der Waals surface area contributed by atoms with Crippen molar-refractivity contribution in [2.45, 2.75) is 25.7 Å². The summed E-state index contributed by atoms with van der Waals surface area (Å²) in [5.74, 6) is 0.0700. The number of hydrogen-bond acceptors (Lipinski definition) is 3. The van der Waals surface area contributed by atoms with E-state index in [9.17, 15) is 4.79 Å². The Kier molecular flexibility index (Phi) is 3.99. The first-order chi connectivity index (χ1) is 11.8. The molecule has 1 fully saturated rings. The molecule has 1 aliphatic heterocycles. The molecule has 0 radical (unpaired) electrons. The fourth-order valence-corrected chi connectivity index (χ4v) is 3.25. The van der Waals surface area contributed by atoms with Crippen molar-refractivity contribution >= 4 is 17.1 Å². The maximum atomic E-state index is 12.7. The lowest BCUT2D eigenvalue weighted by Crippen LogP contribution is -2.31. The highest BCUT2D eigenvalue weighted by Gasteiger charge is 2.18. The molecular weight excluding hydrogens is 300 g/mol. The van der Waals surface area contributed by atoms with Gasteiger partial charge in [-0.3, -0.25) is 9.36 Å². The van der Waals surface area contributed by atoms with E-state index in [2.05, 4.69) is 9.97 Å². The van der Waals surface area contributed by atoms with Crippen LogP contribution in [-0.4, -0.2) is 38.4 Å². The number of para-hydroxylation sites is 1. The van der Waals surface area contributed by atoms with E-state index in [4.69, 9.17) is 0 Å². The first-order valence-corrected chi connectivity index (χ1v) is 8.51. The molecule has 122 valence electrons. The van der Waals surface area contributed by atoms with Crippen molar-refractivity contribution in [2.24, 2.45) is 0 Å². The van der Waals surface area contributed by atoms with Crippen molar-refractivity contribution in [1.82, 2.24) is 19.4 Å². The monoisotopic (exact) mass is 320 g/mol. The fraction of sp³-hybridized carbons (Fsp3) is 0.316. The minimum atomic E-state index is 0.0700. The second-order valence-corrected chi connectivity index (χ2v) is 6.22. The normalized spacial score (nSPS) is 15.4. The number of amides is 1. The zero-order valence-corrected chi connectivity index (χ0v) is 13.6. The molecule has 5 nitrogen and oxygen atoms in total. The SMILES string of the molecule is O=C(c1cnc2c(c1)ncn2-c1ccccc1)N1CCCCCC1. The van der Waals surface area contributed by atoms with Gasteiger partial charge < -0.3 is 4.90 Å². The molecule has 0 aliphatic carbocycles. The molecule has 1 aliphatic rings. The molecule has 0 atom stereocenters. The van der Waals surface area contributed by atoms with Crippen molar-refractivity contribution in [3.05, 3.63) is 54.5 Å². The number of hydrogen-bond donors (Lipinski definition) is 0. The molecule has 0 unspecified atom stereocenters. The minimum absolute atomic E-state index is 0.0700. The number of fused-ring (bicyclic) bond motifs is 1. The van der Waals surface area contributed by atoms with E-state index in [1.165, 1.54) is 12.8 Å². The van der Waals surface area contributed by atoms with E-state index >= 15 is 0 Å². The van der Waals surface area contributed by atoms with Crippen LogP contribution < -0.4 is 0 Å². The summed E-state index contributed by atoms with van der Waals surface area (Å²) in [5.41, 5.74) is 3.16. The van der Waals surface area contributed by atoms with E-state index in [-0.39, 0.29) is 5.91 Å². The third kappa shape index (κ3) is 2.77. The number of imidazole rings is 1. The summed E-state index contributed by atoms with van der Waals surface area (Å²) in [6.07, 6.45) is 8.03. The Morgan fingerprint density at radius 1 is 0.958 bits per heavy atom. The van der Waals surface area contributed by atoms with Crippen molar-refractivity contribution in [3.63, 3.8) is 0 Å². The average Bonchev–Trinajstić information content (AvgIpc) is 2.86. The van der Waals surface area contributed by atoms with E-state index in [0.29, 0.717) is 5.56 Å². The molecule has 0 bridgehead atoms. The Hall–Kier alpha value is -2.69. The average molecular weight is 320 g/mol. The van der Waals surface area contributed by atoms with Gasteiger partial charge in [-0.1, -0.05) is 31.0 Å². The van der Waals surface area contributed by atoms with Crippen LogP contribution in [0.4, 0.5) is 0 Å². The number of benzene rings is 1. The summed E-state index contributed by atoms with van der Waals surface area (Å²) >= 11 is 0. The lowest BCUT2D eigenvalue weighted by molar-refractivity contribution is 0.0761. The van der Waals surface area contributed by atoms with Gasteiger partial charge in [0.15, 0.2) is 5.65 Å². The van der Waals surface area contributed by atoms with Gasteiger partial charge in [0.2, 0.25) is 0 Å². The molecule has 3 aromatic rings. The number of nitrogens with zero attached hydrogens (tertiary/aromatic N) is 4. The molecule has 4 rings (SSSR count). The second-order valence-electron chi connectivity index (χ2n) is 6.22. The maximum Gasteiger partial charge on any atom is 0.255 e. The summed E-state index contributed by atoms with van der Waals surface area (Å²) < 4.78 is 1.94. The third-order valence-corrected chi connectivity index (χ3v) is 4.56. The predicted octanol–water partition coefficient (Wildman–Crippen LogP) is 3.44. The van der Waals surface area contributed by atoms with Crippen molar-refractivity contribution in [1.29, 1.82) is 0 Å². The van der Waals surface area contributed by atoms with Crippen LogP contribution in [0.5, 0.6) is 0 Å². The van der Waals surface area contributed by atoms with Crippen LogP contribution >= 0.6 is 0 Å². The number of likely N-dealkylation sites (tertiary alicyclic amines) is 1. The Balaban J connectivity index is 1.66. The van der Waals surface area contributed by atoms with Gasteiger partial charge in [0.05, 0.1) is 5.56 Å². The predicted molar refractivity (Wildman–Crippen MR) is 93.2 cm³/mol. The first-order valence-electron chi connectivity index (χ1n) is 8.51. The van der Waals surface area contributed by atoms with E-state index < -0.39 is 0 Å². The van der Waals surface area contributed by atoms with Crippen LogP contribution in [0.25, 0.3) is 16.9 Å². The molecule has 3 heterocycles. The largest absolute Gasteiger partial charge is 0.339 e. The summed E-state index contributed by atoms with van der Waals surface area (Å²) in [5, 5.41) is 0. The Morgan fingerprint density at radius 3 is 2.46 bits per heavy atom. The quantitative estimate of drug-likeness (QED) is 0.727. The van der Waals surface area contributed by atoms with Gasteiger partial charge in [-0.25, -0.2) is 9.97 Å². The van der Waals surface area contributed by atoms with E-state index in [1.54, 1.807) is 12.5 Å². The lowest BCUT2D eigenvalue weighted by Gasteiger charge is -2.20. The molecule has 24 heavy (non-hydrogen) atoms. The standard InChI is InChI=1S/C19H20N4O/c24-19(22-10-6-1-2-7-11-22)15-12-17-18(20-13-15)23(14-21-17)16-8-4-3-5-9-16/h3-5,8-9,12-14H,1-2,6-7,10-11H2. The number of pyridine rings is 1. The van der Waals surface area contributed by atoms with Gasteiger partial charge in [-0.2, -0.15) is 0 Å². The van der Waals surface area contributed by atoms with E-state index in [1.807, 2.05) is 45.9 Å². The van der Waals surface area contributed by atoms with Crippen LogP contribution in [0.1, 0.15) is 36.0 Å². The Morgan fingerprint density at radius 2 is 1.71 bits per heavy atom. The number of rotatable bonds is 2. The molecule has 2 aromatic heterocycles. The van der Waals surface area contributed by atoms with Gasteiger partial charge in [0, 0.05) is 25.0 Å². The zero-order chi connectivity index (χ0) is 16.4. The minimum Gasteiger partial charge on any atom is -0.339 e. The molecule has 1 saturated heterocycles. The van der Waals surface area contributed by atoms with Gasteiger partial charge in [0.1, 0.15) is 11.8 Å². The molecular formula is C19H20N4O. The van der Waals surface area contributed by atoms with Gasteiger partial charge in [0.25, 0.3) is 5.91 Å². The van der Waals surface area contributed by atoms with Crippen LogP contribution in [0.15, 0.2) is 48.9 Å². The molecule has 1 amide bonds. The zero-order valence-electron chi connectivity index (χ0n) is 13.6. The molecule has 1 aromatic carbocycles. The molecule has 5 heteroatoms. The summed E-state index contributed by atoms with van der Waals surface area (Å²) in [4.78, 5) is 23.6. The maximum absolute atomic E-state index is 12.7. The van der Waals surface area contributed by atoms with Gasteiger partial charge >= 0.3 is 0 Å². The molecule has 0 spiro atoms. The Bertz CT molecular complexity index is 848. The Labute approximate surface area is 140 Å². The molecule has 0 N–H and O–H groups in total. The van der Waals surface area contributed by atoms with Crippen molar-refractivity contribution < 1.29 is 4.79 Å². The second kappa shape index (κ2) is 6.43. The van der Waals surface area contributed by atoms with Crippen LogP contribution in [0.2, 0.25) is 0 Å². The van der Waals surface area contributed by atoms with Gasteiger partial charge in [-0.15, -0.1) is 0 Å². The number of carbonyl (C=O) groups is 1. The van der Waals surface area contributed by atoms with Gasteiger partial charge in [-0.05, 0) is 31.0 Å². The highest BCUT2D eigenvalue weighted by Crippen LogP contribution is 2.19. The summed E-state index contributed by atoms with van der Waals surface area (Å²) in [6, 6.07) is 11.8. The number of aromatic nitrogens is 3. The summed E-state index contributed by atoms with van der Waals surface area (Å²) in [6.45, 7) is 1.69. The van der Waals surface area contributed by atoms with Crippen LogP contribution in [-0.2, 0) is 0 Å². The van der Waals surface area contributed by atoms with Crippen LogP contribution in [0.3, 0.4) is 0 Å². The van der Waals surface area contributed by atoms with Crippen molar-refractivity contribution in [2.75, 3.05) is 13.1 Å². The summed E-state index contributed by atoms with van der Waals surface area (Å²) in [7, 11) is 0. The van der Waals surface area contributed by atoms with Crippen molar-refractivity contribution in [3.8, 4) is 5.69 Å². The molecule has 0 saturated carbocycles. The highest BCUT2D eigenvalue weighted by atomic mass is 16.2. The third-order valence-electron chi connectivity index (χ3n) is 4.56. The number of carbonyl (C=O) groups excluding carboxylic acids is 1. The lowest BCUT2D eigenvalue weighted by atomic mass is 10.2. The van der Waals surface area contributed by atoms with Crippen LogP contribution in [0, 0.1) is 0 Å².